The second-order valence-electron chi connectivity index (χ2n) is 8.87. The number of rotatable bonds is 13. The molecule has 0 atom stereocenters. The van der Waals surface area contributed by atoms with Crippen LogP contribution in [0.15, 0.2) is 58.4 Å². The van der Waals surface area contributed by atoms with Crippen LogP contribution in [0, 0.1) is 6.92 Å². The van der Waals surface area contributed by atoms with Crippen LogP contribution in [0.2, 0.25) is 0 Å². The lowest BCUT2D eigenvalue weighted by Gasteiger charge is -2.28. The van der Waals surface area contributed by atoms with Gasteiger partial charge >= 0.3 is 0 Å². The van der Waals surface area contributed by atoms with E-state index >= 15 is 0 Å². The number of carbonyl (C=O) groups is 2. The third-order valence-electron chi connectivity index (χ3n) is 6.24. The first-order valence-electron chi connectivity index (χ1n) is 12.4. The largest absolute Gasteiger partial charge is 0.493 e. The maximum atomic E-state index is 13.7. The summed E-state index contributed by atoms with van der Waals surface area (Å²) in [4.78, 5) is 31.7. The van der Waals surface area contributed by atoms with E-state index in [1.165, 1.54) is 5.56 Å². The zero-order valence-electron chi connectivity index (χ0n) is 22.0. The minimum atomic E-state index is -0.129. The molecule has 0 saturated heterocycles. The van der Waals surface area contributed by atoms with Gasteiger partial charge in [0.15, 0.2) is 11.5 Å². The highest BCUT2D eigenvalue weighted by Crippen LogP contribution is 2.28. The second kappa shape index (κ2) is 14.2. The van der Waals surface area contributed by atoms with Crippen molar-refractivity contribution in [3.63, 3.8) is 0 Å². The quantitative estimate of drug-likeness (QED) is 0.234. The van der Waals surface area contributed by atoms with Crippen LogP contribution in [0.5, 0.6) is 11.5 Å². The topological polar surface area (TPSA) is 59.1 Å². The van der Waals surface area contributed by atoms with E-state index in [0.29, 0.717) is 43.1 Å². The molecule has 0 aliphatic carbocycles. The van der Waals surface area contributed by atoms with E-state index in [-0.39, 0.29) is 18.4 Å². The zero-order chi connectivity index (χ0) is 26.8. The number of methoxy groups -OCH3 is 2. The summed E-state index contributed by atoms with van der Waals surface area (Å²) in [6.45, 7) is 5.77. The number of hydrogen-bond donors (Lipinski definition) is 0. The fourth-order valence-electron chi connectivity index (χ4n) is 4.00. The van der Waals surface area contributed by atoms with E-state index in [2.05, 4.69) is 35.8 Å². The van der Waals surface area contributed by atoms with Crippen molar-refractivity contribution in [2.24, 2.45) is 0 Å². The monoisotopic (exact) mass is 586 g/mol. The number of nitrogens with zero attached hydrogens (tertiary/aromatic N) is 2. The number of carbonyl (C=O) groups excluding carboxylic acids is 2. The Kier molecular flexibility index (Phi) is 11.0. The first-order chi connectivity index (χ1) is 17.9. The molecule has 2 aromatic carbocycles. The normalized spacial score (nSPS) is 10.7. The van der Waals surface area contributed by atoms with Gasteiger partial charge in [0.1, 0.15) is 6.54 Å². The van der Waals surface area contributed by atoms with Gasteiger partial charge in [0.25, 0.3) is 5.91 Å². The first-order valence-corrected chi connectivity index (χ1v) is 14.1. The van der Waals surface area contributed by atoms with E-state index in [0.717, 1.165) is 27.8 Å². The summed E-state index contributed by atoms with van der Waals surface area (Å²) in [6.07, 6.45) is 2.43. The molecule has 0 radical (unpaired) electrons. The van der Waals surface area contributed by atoms with Crippen molar-refractivity contribution in [3.05, 3.63) is 80.0 Å². The molecular formula is C29H35BrN2O4S. The molecule has 2 amide bonds. The molecule has 1 heterocycles. The number of ether oxygens (including phenoxy) is 2. The van der Waals surface area contributed by atoms with Crippen molar-refractivity contribution >= 4 is 39.1 Å². The summed E-state index contributed by atoms with van der Waals surface area (Å²) < 4.78 is 11.6. The molecule has 0 aliphatic rings. The van der Waals surface area contributed by atoms with Gasteiger partial charge in [-0.15, -0.1) is 11.3 Å². The number of unbranched alkanes of at least 4 members (excludes halogenated alkanes) is 1. The number of thiophene rings is 1. The van der Waals surface area contributed by atoms with Gasteiger partial charge in [-0.2, -0.15) is 0 Å². The molecule has 0 unspecified atom stereocenters. The SMILES string of the molecule is CCCCN(CC(=O)N(CCc1ccc(OC)c(OC)c1)Cc1sccc1C)C(=O)c1cccc(Br)c1. The summed E-state index contributed by atoms with van der Waals surface area (Å²) in [5.41, 5.74) is 2.79. The van der Waals surface area contributed by atoms with Gasteiger partial charge < -0.3 is 19.3 Å². The van der Waals surface area contributed by atoms with E-state index in [4.69, 9.17) is 9.47 Å². The van der Waals surface area contributed by atoms with Crippen molar-refractivity contribution in [1.29, 1.82) is 0 Å². The van der Waals surface area contributed by atoms with E-state index in [1.807, 2.05) is 40.6 Å². The molecule has 37 heavy (non-hydrogen) atoms. The predicted octanol–water partition coefficient (Wildman–Crippen LogP) is 6.35. The lowest BCUT2D eigenvalue weighted by molar-refractivity contribution is -0.132. The molecule has 198 valence electrons. The van der Waals surface area contributed by atoms with Crippen LogP contribution in [0.3, 0.4) is 0 Å². The maximum Gasteiger partial charge on any atom is 0.254 e. The van der Waals surface area contributed by atoms with Gasteiger partial charge in [-0.3, -0.25) is 9.59 Å². The van der Waals surface area contributed by atoms with Crippen molar-refractivity contribution in [2.45, 2.75) is 39.7 Å². The third kappa shape index (κ3) is 8.07. The molecule has 0 fully saturated rings. The summed E-state index contributed by atoms with van der Waals surface area (Å²) >= 11 is 5.10. The molecule has 3 aromatic rings. The van der Waals surface area contributed by atoms with Crippen LogP contribution < -0.4 is 9.47 Å². The molecule has 3 rings (SSSR count). The van der Waals surface area contributed by atoms with Crippen LogP contribution in [0.4, 0.5) is 0 Å². The van der Waals surface area contributed by atoms with Crippen LogP contribution in [-0.4, -0.2) is 55.5 Å². The van der Waals surface area contributed by atoms with Crippen molar-refractivity contribution < 1.29 is 19.1 Å². The fraction of sp³-hybridized carbons (Fsp3) is 0.379. The van der Waals surface area contributed by atoms with Crippen LogP contribution in [-0.2, 0) is 17.8 Å². The third-order valence-corrected chi connectivity index (χ3v) is 7.74. The standard InChI is InChI=1S/C29H35BrN2O4S/c1-5-6-14-32(29(34)23-8-7-9-24(30)18-23)20-28(33)31(19-27-21(2)13-16-37-27)15-12-22-10-11-25(35-3)26(17-22)36-4/h7-11,13,16-18H,5-6,12,14-15,19-20H2,1-4H3. The van der Waals surface area contributed by atoms with Crippen molar-refractivity contribution in [3.8, 4) is 11.5 Å². The number of aryl methyl sites for hydroxylation is 1. The predicted molar refractivity (Wildman–Crippen MR) is 153 cm³/mol. The molecule has 0 spiro atoms. The number of amides is 2. The zero-order valence-corrected chi connectivity index (χ0v) is 24.4. The Hall–Kier alpha value is -2.84. The fourth-order valence-corrected chi connectivity index (χ4v) is 5.32. The minimum absolute atomic E-state index is 0.0434. The summed E-state index contributed by atoms with van der Waals surface area (Å²) in [5, 5.41) is 2.05. The first kappa shape index (κ1) is 28.7. The summed E-state index contributed by atoms with van der Waals surface area (Å²) in [7, 11) is 3.23. The van der Waals surface area contributed by atoms with Gasteiger partial charge in [-0.1, -0.05) is 41.4 Å². The van der Waals surface area contributed by atoms with E-state index in [9.17, 15) is 9.59 Å². The van der Waals surface area contributed by atoms with Crippen molar-refractivity contribution in [1.82, 2.24) is 9.80 Å². The summed E-state index contributed by atoms with van der Waals surface area (Å²) in [5.74, 6) is 1.14. The van der Waals surface area contributed by atoms with Crippen molar-refractivity contribution in [2.75, 3.05) is 33.9 Å². The highest BCUT2D eigenvalue weighted by molar-refractivity contribution is 9.10. The minimum Gasteiger partial charge on any atom is -0.493 e. The van der Waals surface area contributed by atoms with Crippen LogP contribution in [0.25, 0.3) is 0 Å². The molecule has 1 aromatic heterocycles. The summed E-state index contributed by atoms with van der Waals surface area (Å²) in [6, 6.07) is 15.2. The Morgan fingerprint density at radius 1 is 0.973 bits per heavy atom. The Balaban J connectivity index is 1.80. The highest BCUT2D eigenvalue weighted by Gasteiger charge is 2.23. The Bertz CT molecular complexity index is 1200. The number of halogens is 1. The molecule has 6 nitrogen and oxygen atoms in total. The average Bonchev–Trinajstić information content (AvgIpc) is 3.32. The second-order valence-corrected chi connectivity index (χ2v) is 10.8. The van der Waals surface area contributed by atoms with E-state index in [1.54, 1.807) is 42.6 Å². The van der Waals surface area contributed by atoms with Gasteiger partial charge in [-0.05, 0) is 72.7 Å². The van der Waals surface area contributed by atoms with Crippen LogP contribution in [0.1, 0.15) is 46.1 Å². The smallest absolute Gasteiger partial charge is 0.254 e. The van der Waals surface area contributed by atoms with Gasteiger partial charge in [0, 0.05) is 28.0 Å². The maximum absolute atomic E-state index is 13.7. The van der Waals surface area contributed by atoms with Gasteiger partial charge in [-0.25, -0.2) is 0 Å². The Labute approximate surface area is 232 Å². The van der Waals surface area contributed by atoms with Gasteiger partial charge in [0.2, 0.25) is 5.91 Å². The molecule has 0 bridgehead atoms. The van der Waals surface area contributed by atoms with E-state index < -0.39 is 0 Å². The Morgan fingerprint density at radius 3 is 2.41 bits per heavy atom. The highest BCUT2D eigenvalue weighted by atomic mass is 79.9. The molecular weight excluding hydrogens is 552 g/mol. The Morgan fingerprint density at radius 2 is 1.76 bits per heavy atom. The van der Waals surface area contributed by atoms with Crippen LogP contribution >= 0.6 is 27.3 Å². The molecule has 8 heteroatoms. The number of benzene rings is 2. The lowest BCUT2D eigenvalue weighted by Crippen LogP contribution is -2.43. The lowest BCUT2D eigenvalue weighted by atomic mass is 10.1. The molecule has 0 saturated carbocycles. The molecule has 0 aliphatic heterocycles. The van der Waals surface area contributed by atoms with Gasteiger partial charge in [0.05, 0.1) is 20.8 Å². The average molecular weight is 588 g/mol. The number of hydrogen-bond acceptors (Lipinski definition) is 5. The molecule has 0 N–H and O–H groups in total.